The summed E-state index contributed by atoms with van der Waals surface area (Å²) in [6.07, 6.45) is 3.52. The summed E-state index contributed by atoms with van der Waals surface area (Å²) in [6, 6.07) is 0. The van der Waals surface area contributed by atoms with E-state index in [1.165, 1.54) is 0 Å². The number of carbonyl (C=O) groups excluding carboxylic acids is 1. The molecule has 0 N–H and O–H groups in total. The number of thiazole rings is 1. The second-order valence-corrected chi connectivity index (χ2v) is 5.69. The van der Waals surface area contributed by atoms with Crippen molar-refractivity contribution in [3.05, 3.63) is 11.1 Å². The Bertz CT molecular complexity index is 369. The molecule has 0 saturated heterocycles. The third-order valence-corrected chi connectivity index (χ3v) is 4.04. The second kappa shape index (κ2) is 8.37. The topological polar surface area (TPSA) is 42.4 Å². The van der Waals surface area contributed by atoms with Crippen LogP contribution in [0.3, 0.4) is 0 Å². The van der Waals surface area contributed by atoms with E-state index in [1.807, 2.05) is 31.1 Å². The fourth-order valence-corrected chi connectivity index (χ4v) is 2.69. The first kappa shape index (κ1) is 15.3. The largest absolute Gasteiger partial charge is 0.466 e. The van der Waals surface area contributed by atoms with Crippen LogP contribution in [-0.2, 0) is 16.0 Å². The van der Waals surface area contributed by atoms with E-state index in [4.69, 9.17) is 4.74 Å². The molecule has 0 aromatic carbocycles. The van der Waals surface area contributed by atoms with E-state index in [-0.39, 0.29) is 12.4 Å². The highest BCUT2D eigenvalue weighted by atomic mass is 32.2. The van der Waals surface area contributed by atoms with Crippen LogP contribution in [0.1, 0.15) is 19.0 Å². The molecule has 102 valence electrons. The van der Waals surface area contributed by atoms with E-state index in [9.17, 15) is 4.79 Å². The summed E-state index contributed by atoms with van der Waals surface area (Å²) in [7, 11) is 2.04. The van der Waals surface area contributed by atoms with E-state index >= 15 is 0 Å². The van der Waals surface area contributed by atoms with Crippen molar-refractivity contribution in [3.63, 3.8) is 0 Å². The number of aromatic nitrogens is 1. The Hall–Kier alpha value is -0.750. The molecule has 0 aliphatic carbocycles. The zero-order valence-electron chi connectivity index (χ0n) is 11.1. The summed E-state index contributed by atoms with van der Waals surface area (Å²) in [5, 5.41) is 2.90. The van der Waals surface area contributed by atoms with Crippen LogP contribution in [0.25, 0.3) is 0 Å². The minimum absolute atomic E-state index is 0.209. The number of ether oxygens (including phenoxy) is 1. The average molecular weight is 288 g/mol. The van der Waals surface area contributed by atoms with Crippen LogP contribution in [0.5, 0.6) is 0 Å². The summed E-state index contributed by atoms with van der Waals surface area (Å²) in [5.41, 5.74) is 0.796. The number of carbonyl (C=O) groups is 1. The molecule has 0 radical (unpaired) electrons. The molecule has 0 bridgehead atoms. The molecule has 1 heterocycles. The van der Waals surface area contributed by atoms with Crippen LogP contribution in [0.15, 0.2) is 5.38 Å². The molecule has 0 spiro atoms. The molecular formula is C12H20N2O2S2. The average Bonchev–Trinajstić information content (AvgIpc) is 2.78. The van der Waals surface area contributed by atoms with Crippen LogP contribution in [-0.4, -0.2) is 43.2 Å². The standard InChI is InChI=1S/C12H20N2O2S2/c1-4-16-11(15)8-10-9-18-12(13-10)14(2)6-5-7-17-3/h9H,4-8H2,1-3H3. The van der Waals surface area contributed by atoms with E-state index in [0.29, 0.717) is 6.61 Å². The van der Waals surface area contributed by atoms with Crippen molar-refractivity contribution in [1.29, 1.82) is 0 Å². The van der Waals surface area contributed by atoms with Gasteiger partial charge in [0.1, 0.15) is 0 Å². The van der Waals surface area contributed by atoms with Gasteiger partial charge in [0.15, 0.2) is 5.13 Å². The van der Waals surface area contributed by atoms with E-state index < -0.39 is 0 Å². The van der Waals surface area contributed by atoms with Gasteiger partial charge < -0.3 is 9.64 Å². The smallest absolute Gasteiger partial charge is 0.311 e. The molecule has 0 saturated carbocycles. The number of hydrogen-bond acceptors (Lipinski definition) is 6. The maximum absolute atomic E-state index is 11.3. The van der Waals surface area contributed by atoms with Crippen molar-refractivity contribution in [2.75, 3.05) is 37.1 Å². The Kier molecular flexibility index (Phi) is 7.12. The molecule has 0 amide bonds. The number of nitrogens with zero attached hydrogens (tertiary/aromatic N) is 2. The summed E-state index contributed by atoms with van der Waals surface area (Å²) >= 11 is 3.43. The van der Waals surface area contributed by atoms with Gasteiger partial charge in [-0.3, -0.25) is 4.79 Å². The van der Waals surface area contributed by atoms with Gasteiger partial charge in [-0.1, -0.05) is 0 Å². The first-order valence-corrected chi connectivity index (χ1v) is 8.24. The summed E-state index contributed by atoms with van der Waals surface area (Å²) in [6.45, 7) is 3.22. The van der Waals surface area contributed by atoms with Gasteiger partial charge >= 0.3 is 5.97 Å². The molecule has 1 aromatic heterocycles. The lowest BCUT2D eigenvalue weighted by Crippen LogP contribution is -2.19. The van der Waals surface area contributed by atoms with Crippen LogP contribution >= 0.6 is 23.1 Å². The van der Waals surface area contributed by atoms with Gasteiger partial charge in [-0.2, -0.15) is 11.8 Å². The second-order valence-electron chi connectivity index (χ2n) is 3.87. The van der Waals surface area contributed by atoms with E-state index in [1.54, 1.807) is 11.3 Å². The fraction of sp³-hybridized carbons (Fsp3) is 0.667. The molecule has 18 heavy (non-hydrogen) atoms. The molecule has 1 rings (SSSR count). The predicted octanol–water partition coefficient (Wildman–Crippen LogP) is 2.44. The molecule has 0 fully saturated rings. The maximum Gasteiger partial charge on any atom is 0.311 e. The number of anilines is 1. The lowest BCUT2D eigenvalue weighted by atomic mass is 10.3. The van der Waals surface area contributed by atoms with Gasteiger partial charge in [-0.15, -0.1) is 11.3 Å². The van der Waals surface area contributed by atoms with Crippen molar-refractivity contribution in [2.24, 2.45) is 0 Å². The van der Waals surface area contributed by atoms with Crippen molar-refractivity contribution < 1.29 is 9.53 Å². The Balaban J connectivity index is 2.44. The molecule has 0 aliphatic rings. The maximum atomic E-state index is 11.3. The SMILES string of the molecule is CCOC(=O)Cc1csc(N(C)CCCSC)n1. The Labute approximate surface area is 117 Å². The predicted molar refractivity (Wildman–Crippen MR) is 78.7 cm³/mol. The van der Waals surface area contributed by atoms with Gasteiger partial charge in [-0.25, -0.2) is 4.98 Å². The number of esters is 1. The van der Waals surface area contributed by atoms with Crippen LogP contribution < -0.4 is 4.90 Å². The molecule has 4 nitrogen and oxygen atoms in total. The van der Waals surface area contributed by atoms with Crippen molar-refractivity contribution >= 4 is 34.2 Å². The number of hydrogen-bond donors (Lipinski definition) is 0. The van der Waals surface area contributed by atoms with Gasteiger partial charge in [0.05, 0.1) is 18.7 Å². The summed E-state index contributed by atoms with van der Waals surface area (Å²) in [4.78, 5) is 17.9. The fourth-order valence-electron chi connectivity index (χ4n) is 1.45. The number of rotatable bonds is 8. The molecule has 0 atom stereocenters. The lowest BCUT2D eigenvalue weighted by molar-refractivity contribution is -0.142. The third kappa shape index (κ3) is 5.27. The van der Waals surface area contributed by atoms with Crippen molar-refractivity contribution in [3.8, 4) is 0 Å². The van der Waals surface area contributed by atoms with Gasteiger partial charge in [-0.05, 0) is 25.4 Å². The minimum atomic E-state index is -0.209. The van der Waals surface area contributed by atoms with Crippen LogP contribution in [0.2, 0.25) is 0 Å². The minimum Gasteiger partial charge on any atom is -0.466 e. The van der Waals surface area contributed by atoms with Crippen molar-refractivity contribution in [1.82, 2.24) is 4.98 Å². The summed E-state index contributed by atoms with van der Waals surface area (Å²) in [5.74, 6) is 0.949. The Morgan fingerprint density at radius 1 is 1.61 bits per heavy atom. The first-order chi connectivity index (χ1) is 8.67. The highest BCUT2D eigenvalue weighted by Gasteiger charge is 2.10. The molecule has 6 heteroatoms. The summed E-state index contributed by atoms with van der Waals surface area (Å²) < 4.78 is 4.90. The monoisotopic (exact) mass is 288 g/mol. The van der Waals surface area contributed by atoms with Crippen molar-refractivity contribution in [2.45, 2.75) is 19.8 Å². The van der Waals surface area contributed by atoms with Gasteiger partial charge in [0.2, 0.25) is 0 Å². The normalized spacial score (nSPS) is 10.4. The first-order valence-electron chi connectivity index (χ1n) is 5.97. The lowest BCUT2D eigenvalue weighted by Gasteiger charge is -2.14. The van der Waals surface area contributed by atoms with Gasteiger partial charge in [0, 0.05) is 19.0 Å². The van der Waals surface area contributed by atoms with Gasteiger partial charge in [0.25, 0.3) is 0 Å². The Morgan fingerprint density at radius 3 is 3.06 bits per heavy atom. The van der Waals surface area contributed by atoms with Crippen LogP contribution in [0, 0.1) is 0 Å². The molecular weight excluding hydrogens is 268 g/mol. The van der Waals surface area contributed by atoms with E-state index in [2.05, 4.69) is 16.1 Å². The zero-order valence-corrected chi connectivity index (χ0v) is 12.8. The highest BCUT2D eigenvalue weighted by Crippen LogP contribution is 2.20. The molecule has 0 aliphatic heterocycles. The third-order valence-electron chi connectivity index (χ3n) is 2.34. The van der Waals surface area contributed by atoms with E-state index in [0.717, 1.165) is 29.5 Å². The zero-order chi connectivity index (χ0) is 13.4. The molecule has 1 aromatic rings. The quantitative estimate of drug-likeness (QED) is 0.543. The highest BCUT2D eigenvalue weighted by molar-refractivity contribution is 7.98. The Morgan fingerprint density at radius 2 is 2.39 bits per heavy atom. The molecule has 0 unspecified atom stereocenters. The van der Waals surface area contributed by atoms with Crippen LogP contribution in [0.4, 0.5) is 5.13 Å². The number of thioether (sulfide) groups is 1.